The molecule has 0 saturated heterocycles. The third kappa shape index (κ3) is 3.05. The Kier molecular flexibility index (Phi) is 3.98. The number of nitro benzene ring substituents is 1. The van der Waals surface area contributed by atoms with Crippen molar-refractivity contribution in [3.8, 4) is 11.3 Å². The summed E-state index contributed by atoms with van der Waals surface area (Å²) in [6, 6.07) is 9.12. The van der Waals surface area contributed by atoms with Gasteiger partial charge in [-0.25, -0.2) is 0 Å². The molecule has 0 saturated carbocycles. The molecule has 0 atom stereocenters. The average molecular weight is 333 g/mol. The summed E-state index contributed by atoms with van der Waals surface area (Å²) in [5.74, 6) is 0.657. The Morgan fingerprint density at radius 2 is 2.00 bits per heavy atom. The van der Waals surface area contributed by atoms with Crippen molar-refractivity contribution in [3.05, 3.63) is 57.8 Å². The van der Waals surface area contributed by atoms with Crippen molar-refractivity contribution < 1.29 is 14.1 Å². The van der Waals surface area contributed by atoms with Crippen LogP contribution in [0.25, 0.3) is 11.3 Å². The molecule has 2 heterocycles. The third-order valence-electron chi connectivity index (χ3n) is 2.69. The topological polar surface area (TPSA) is 99.1 Å². The minimum Gasteiger partial charge on any atom is -0.452 e. The first-order chi connectivity index (χ1) is 10.6. The molecule has 22 heavy (non-hydrogen) atoms. The van der Waals surface area contributed by atoms with Gasteiger partial charge in [0.05, 0.1) is 4.92 Å². The van der Waals surface area contributed by atoms with Crippen molar-refractivity contribution in [2.75, 3.05) is 0 Å². The van der Waals surface area contributed by atoms with E-state index in [-0.39, 0.29) is 16.6 Å². The zero-order chi connectivity index (χ0) is 15.5. The van der Waals surface area contributed by atoms with E-state index in [9.17, 15) is 14.9 Å². The Labute approximate surface area is 132 Å². The molecule has 9 heteroatoms. The molecule has 0 fully saturated rings. The Bertz CT molecular complexity index is 812. The number of benzene rings is 1. The second-order valence-electron chi connectivity index (χ2n) is 4.06. The number of hydrogen-bond donors (Lipinski definition) is 0. The van der Waals surface area contributed by atoms with E-state index in [1.165, 1.54) is 23.5 Å². The molecule has 110 valence electrons. The number of rotatable bonds is 4. The number of carbonyl (C=O) groups is 1. The van der Waals surface area contributed by atoms with Crippen LogP contribution in [0.5, 0.6) is 0 Å². The fourth-order valence-corrected chi connectivity index (χ4v) is 2.97. The monoisotopic (exact) mass is 333 g/mol. The fourth-order valence-electron chi connectivity index (χ4n) is 1.69. The van der Waals surface area contributed by atoms with Crippen molar-refractivity contribution >= 4 is 33.9 Å². The number of non-ortho nitro benzene ring substituents is 1. The smallest absolute Gasteiger partial charge is 0.269 e. The lowest BCUT2D eigenvalue weighted by molar-refractivity contribution is -0.384. The van der Waals surface area contributed by atoms with E-state index < -0.39 is 4.92 Å². The Balaban J connectivity index is 1.78. The van der Waals surface area contributed by atoms with E-state index in [0.717, 1.165) is 11.8 Å². The second kappa shape index (κ2) is 6.08. The minimum atomic E-state index is -0.473. The molecule has 0 bridgehead atoms. The van der Waals surface area contributed by atoms with E-state index >= 15 is 0 Å². The van der Waals surface area contributed by atoms with Crippen LogP contribution in [0.1, 0.15) is 10.6 Å². The van der Waals surface area contributed by atoms with Gasteiger partial charge >= 0.3 is 0 Å². The van der Waals surface area contributed by atoms with Crippen molar-refractivity contribution in [1.82, 2.24) is 10.2 Å². The van der Waals surface area contributed by atoms with Crippen LogP contribution in [0.15, 0.2) is 50.7 Å². The fraction of sp³-hybridized carbons (Fsp3) is 0. The first-order valence-electron chi connectivity index (χ1n) is 5.96. The molecule has 0 aliphatic heterocycles. The summed E-state index contributed by atoms with van der Waals surface area (Å²) in [6.45, 7) is 0. The number of furan rings is 1. The molecule has 0 radical (unpaired) electrons. The normalized spacial score (nSPS) is 10.5. The standard InChI is InChI=1S/C13H7N3O4S2/c17-12(22-13-15-14-7-21-13)11-6-5-10(20-11)8-1-3-9(4-2-8)16(18)19/h1-7H. The molecule has 0 N–H and O–H groups in total. The molecule has 3 rings (SSSR count). The molecule has 0 spiro atoms. The van der Waals surface area contributed by atoms with Gasteiger partial charge < -0.3 is 4.42 Å². The highest BCUT2D eigenvalue weighted by Crippen LogP contribution is 2.28. The number of aromatic nitrogens is 2. The third-order valence-corrected chi connectivity index (χ3v) is 4.35. The number of nitro groups is 1. The highest BCUT2D eigenvalue weighted by Gasteiger charge is 2.16. The summed E-state index contributed by atoms with van der Waals surface area (Å²) in [5.41, 5.74) is 2.20. The molecule has 1 aromatic carbocycles. The van der Waals surface area contributed by atoms with Crippen LogP contribution in [0.2, 0.25) is 0 Å². The summed E-state index contributed by atoms with van der Waals surface area (Å²) in [4.78, 5) is 22.2. The van der Waals surface area contributed by atoms with Gasteiger partial charge in [-0.3, -0.25) is 14.9 Å². The molecule has 0 amide bonds. The van der Waals surface area contributed by atoms with Gasteiger partial charge in [-0.1, -0.05) is 11.3 Å². The first-order valence-corrected chi connectivity index (χ1v) is 7.66. The van der Waals surface area contributed by atoms with Crippen LogP contribution in [0, 0.1) is 10.1 Å². The lowest BCUT2D eigenvalue weighted by atomic mass is 10.1. The number of thioether (sulfide) groups is 1. The molecule has 7 nitrogen and oxygen atoms in total. The van der Waals surface area contributed by atoms with Crippen LogP contribution < -0.4 is 0 Å². The van der Waals surface area contributed by atoms with Crippen molar-refractivity contribution in [1.29, 1.82) is 0 Å². The lowest BCUT2D eigenvalue weighted by Crippen LogP contribution is -1.89. The Morgan fingerprint density at radius 1 is 1.23 bits per heavy atom. The largest absolute Gasteiger partial charge is 0.452 e. The second-order valence-corrected chi connectivity index (χ2v) is 6.12. The number of carbonyl (C=O) groups excluding carboxylic acids is 1. The van der Waals surface area contributed by atoms with Crippen LogP contribution in [-0.2, 0) is 0 Å². The highest BCUT2D eigenvalue weighted by molar-refractivity contribution is 8.15. The van der Waals surface area contributed by atoms with E-state index in [2.05, 4.69) is 10.2 Å². The van der Waals surface area contributed by atoms with Crippen LogP contribution in [0.3, 0.4) is 0 Å². The highest BCUT2D eigenvalue weighted by atomic mass is 32.2. The van der Waals surface area contributed by atoms with Gasteiger partial charge in [0.2, 0.25) is 0 Å². The maximum atomic E-state index is 12.0. The molecule has 3 aromatic rings. The molecule has 0 aliphatic rings. The number of nitrogens with zero attached hydrogens (tertiary/aromatic N) is 3. The lowest BCUT2D eigenvalue weighted by Gasteiger charge is -1.97. The summed E-state index contributed by atoms with van der Waals surface area (Å²) in [6.07, 6.45) is 0. The van der Waals surface area contributed by atoms with Gasteiger partial charge in [0.15, 0.2) is 10.1 Å². The van der Waals surface area contributed by atoms with Crippen LogP contribution in [0.4, 0.5) is 5.69 Å². The predicted octanol–water partition coefficient (Wildman–Crippen LogP) is 3.64. The predicted molar refractivity (Wildman–Crippen MR) is 80.9 cm³/mol. The summed E-state index contributed by atoms with van der Waals surface area (Å²) in [5, 5.41) is 17.8. The van der Waals surface area contributed by atoms with Gasteiger partial charge in [-0.15, -0.1) is 10.2 Å². The van der Waals surface area contributed by atoms with E-state index in [0.29, 0.717) is 15.7 Å². The summed E-state index contributed by atoms with van der Waals surface area (Å²) in [7, 11) is 0. The van der Waals surface area contributed by atoms with Crippen molar-refractivity contribution in [3.63, 3.8) is 0 Å². The SMILES string of the molecule is O=C(Sc1nncs1)c1ccc(-c2ccc([N+](=O)[O-])cc2)o1. The molecule has 0 unspecified atom stereocenters. The number of hydrogen-bond acceptors (Lipinski definition) is 8. The van der Waals surface area contributed by atoms with Crippen molar-refractivity contribution in [2.24, 2.45) is 0 Å². The zero-order valence-electron chi connectivity index (χ0n) is 10.8. The van der Waals surface area contributed by atoms with Gasteiger partial charge in [0.1, 0.15) is 11.3 Å². The first kappa shape index (κ1) is 14.4. The minimum absolute atomic E-state index is 0.00145. The Hall–Kier alpha value is -2.52. The van der Waals surface area contributed by atoms with E-state index in [1.54, 1.807) is 29.8 Å². The summed E-state index contributed by atoms with van der Waals surface area (Å²) >= 11 is 2.21. The zero-order valence-corrected chi connectivity index (χ0v) is 12.5. The van der Waals surface area contributed by atoms with Gasteiger partial charge in [-0.05, 0) is 36.0 Å². The van der Waals surface area contributed by atoms with E-state index in [4.69, 9.17) is 4.42 Å². The van der Waals surface area contributed by atoms with Gasteiger partial charge in [0.25, 0.3) is 10.8 Å². The molecule has 0 aliphatic carbocycles. The average Bonchev–Trinajstić information content (AvgIpc) is 3.18. The summed E-state index contributed by atoms with van der Waals surface area (Å²) < 4.78 is 6.04. The van der Waals surface area contributed by atoms with E-state index in [1.807, 2.05) is 0 Å². The maximum absolute atomic E-state index is 12.0. The van der Waals surface area contributed by atoms with Gasteiger partial charge in [0, 0.05) is 17.7 Å². The van der Waals surface area contributed by atoms with Crippen molar-refractivity contribution in [2.45, 2.75) is 4.34 Å². The molecule has 2 aromatic heterocycles. The van der Waals surface area contributed by atoms with Gasteiger partial charge in [-0.2, -0.15) is 0 Å². The molecular weight excluding hydrogens is 326 g/mol. The Morgan fingerprint density at radius 3 is 2.64 bits per heavy atom. The maximum Gasteiger partial charge on any atom is 0.269 e. The molecular formula is C13H7N3O4S2. The quantitative estimate of drug-likeness (QED) is 0.408. The van der Waals surface area contributed by atoms with Crippen LogP contribution >= 0.6 is 23.1 Å². The van der Waals surface area contributed by atoms with Crippen LogP contribution in [-0.4, -0.2) is 20.2 Å².